The van der Waals surface area contributed by atoms with E-state index in [1.54, 1.807) is 0 Å². The van der Waals surface area contributed by atoms with Crippen molar-refractivity contribution in [2.75, 3.05) is 51.2 Å². The van der Waals surface area contributed by atoms with Crippen LogP contribution in [0.1, 0.15) is 6.42 Å². The van der Waals surface area contributed by atoms with Crippen LogP contribution >= 0.6 is 0 Å². The van der Waals surface area contributed by atoms with Crippen molar-refractivity contribution < 1.29 is 29.7 Å². The van der Waals surface area contributed by atoms with Gasteiger partial charge in [-0.3, -0.25) is 9.69 Å². The maximum Gasteiger partial charge on any atom is 0.414 e. The molecule has 0 unspecified atom stereocenters. The van der Waals surface area contributed by atoms with Crippen molar-refractivity contribution in [3.05, 3.63) is 30.3 Å². The van der Waals surface area contributed by atoms with E-state index in [9.17, 15) is 4.79 Å². The van der Waals surface area contributed by atoms with E-state index in [0.717, 1.165) is 45.0 Å². The molecule has 1 aliphatic heterocycles. The molecule has 0 atom stereocenters. The molecule has 0 bridgehead atoms. The van der Waals surface area contributed by atoms with Crippen LogP contribution in [0.5, 0.6) is 0 Å². The number of β-amino-alcohol motifs (C(OH)–C–C–N with tert-alkyl or cyclic N) is 1. The van der Waals surface area contributed by atoms with E-state index in [-0.39, 0.29) is 12.5 Å². The number of nitrogens with one attached hydrogen (secondary N) is 1. The van der Waals surface area contributed by atoms with Crippen molar-refractivity contribution in [3.8, 4) is 0 Å². The lowest BCUT2D eigenvalue weighted by Gasteiger charge is -2.34. The number of carboxylic acid groups (broad SMARTS) is 2. The van der Waals surface area contributed by atoms with Crippen molar-refractivity contribution in [3.63, 3.8) is 0 Å². The molecule has 2 rings (SSSR count). The van der Waals surface area contributed by atoms with Gasteiger partial charge < -0.3 is 25.5 Å². The summed E-state index contributed by atoms with van der Waals surface area (Å²) in [6.45, 7) is 5.66. The van der Waals surface area contributed by atoms with Crippen LogP contribution in [0.25, 0.3) is 0 Å². The molecule has 1 amide bonds. The first-order chi connectivity index (χ1) is 12.4. The number of aliphatic carboxylic acids is 2. The summed E-state index contributed by atoms with van der Waals surface area (Å²) in [5.74, 6) is -3.58. The maximum atomic E-state index is 11.8. The molecule has 9 nitrogen and oxygen atoms in total. The van der Waals surface area contributed by atoms with Gasteiger partial charge in [-0.05, 0) is 12.1 Å². The van der Waals surface area contributed by atoms with Crippen LogP contribution in [0.4, 0.5) is 5.69 Å². The summed E-state index contributed by atoms with van der Waals surface area (Å²) < 4.78 is 0. The molecule has 0 spiro atoms. The molecule has 0 aromatic heterocycles. The predicted octanol–water partition coefficient (Wildman–Crippen LogP) is -0.219. The highest BCUT2D eigenvalue weighted by Crippen LogP contribution is 2.06. The molecule has 1 fully saturated rings. The van der Waals surface area contributed by atoms with Crippen LogP contribution in [0, 0.1) is 0 Å². The topological polar surface area (TPSA) is 130 Å². The summed E-state index contributed by atoms with van der Waals surface area (Å²) in [5, 5.41) is 26.6. The Morgan fingerprint density at radius 1 is 0.885 bits per heavy atom. The summed E-state index contributed by atoms with van der Waals surface area (Å²) in [4.78, 5) is 34.6. The number of hydrogen-bond donors (Lipinski definition) is 4. The Labute approximate surface area is 151 Å². The minimum atomic E-state index is -1.82. The van der Waals surface area contributed by atoms with Gasteiger partial charge >= 0.3 is 11.9 Å². The molecular formula is C17H25N3O6. The Balaban J connectivity index is 0.000000487. The molecule has 4 N–H and O–H groups in total. The van der Waals surface area contributed by atoms with Crippen molar-refractivity contribution in [2.45, 2.75) is 6.42 Å². The summed E-state index contributed by atoms with van der Waals surface area (Å²) in [7, 11) is 0. The lowest BCUT2D eigenvalue weighted by atomic mass is 10.2. The molecular weight excluding hydrogens is 342 g/mol. The van der Waals surface area contributed by atoms with Crippen LogP contribution in [0.2, 0.25) is 0 Å². The van der Waals surface area contributed by atoms with Gasteiger partial charge in [0.05, 0.1) is 6.61 Å². The summed E-state index contributed by atoms with van der Waals surface area (Å²) in [6, 6.07) is 9.55. The van der Waals surface area contributed by atoms with Gasteiger partial charge in [-0.1, -0.05) is 18.2 Å². The van der Waals surface area contributed by atoms with Crippen LogP contribution in [0.15, 0.2) is 30.3 Å². The number of benzene rings is 1. The molecule has 1 aliphatic rings. The fourth-order valence-corrected chi connectivity index (χ4v) is 2.38. The number of rotatable bonds is 6. The molecule has 0 radical (unpaired) electrons. The molecule has 144 valence electrons. The number of carbonyl (C=O) groups excluding carboxylic acids is 1. The Morgan fingerprint density at radius 3 is 1.85 bits per heavy atom. The Bertz CT molecular complexity index is 561. The third kappa shape index (κ3) is 9.11. The zero-order chi connectivity index (χ0) is 19.4. The van der Waals surface area contributed by atoms with E-state index >= 15 is 0 Å². The summed E-state index contributed by atoms with van der Waals surface area (Å²) in [6.07, 6.45) is 0.523. The third-order valence-electron chi connectivity index (χ3n) is 3.78. The van der Waals surface area contributed by atoms with Crippen LogP contribution in [0.3, 0.4) is 0 Å². The lowest BCUT2D eigenvalue weighted by Crippen LogP contribution is -2.47. The Hall–Kier alpha value is -2.49. The molecule has 1 aromatic rings. The van der Waals surface area contributed by atoms with Crippen LogP contribution in [-0.2, 0) is 14.4 Å². The van der Waals surface area contributed by atoms with E-state index < -0.39 is 11.9 Å². The molecule has 1 aromatic carbocycles. The highest BCUT2D eigenvalue weighted by Gasteiger charge is 2.16. The van der Waals surface area contributed by atoms with Crippen LogP contribution < -0.4 is 5.32 Å². The smallest absolute Gasteiger partial charge is 0.414 e. The average molecular weight is 367 g/mol. The van der Waals surface area contributed by atoms with Gasteiger partial charge in [-0.25, -0.2) is 9.59 Å². The van der Waals surface area contributed by atoms with Gasteiger partial charge in [0, 0.05) is 51.4 Å². The number of hydrogen-bond acceptors (Lipinski definition) is 6. The maximum absolute atomic E-state index is 11.8. The second kappa shape index (κ2) is 12.0. The summed E-state index contributed by atoms with van der Waals surface area (Å²) >= 11 is 0. The standard InChI is InChI=1S/C15H23N3O2.C2H2O4/c19-13-12-18-10-8-17(9-11-18)7-6-15(20)16-14-4-2-1-3-5-14;3-1(4)2(5)6/h1-5,19H,6-13H2,(H,16,20);(H,3,4)(H,5,6). The first-order valence-corrected chi connectivity index (χ1v) is 8.29. The first kappa shape index (κ1) is 21.6. The normalized spacial score (nSPS) is 14.8. The fourth-order valence-electron chi connectivity index (χ4n) is 2.38. The minimum absolute atomic E-state index is 0.0639. The fraction of sp³-hybridized carbons (Fsp3) is 0.471. The van der Waals surface area contributed by atoms with E-state index in [1.807, 2.05) is 30.3 Å². The zero-order valence-corrected chi connectivity index (χ0v) is 14.5. The predicted molar refractivity (Wildman–Crippen MR) is 94.9 cm³/mol. The SMILES string of the molecule is O=C(CCN1CCN(CCO)CC1)Nc1ccccc1.O=C(O)C(=O)O. The molecule has 1 saturated heterocycles. The minimum Gasteiger partial charge on any atom is -0.473 e. The molecule has 9 heteroatoms. The number of piperazine rings is 1. The van der Waals surface area contributed by atoms with Gasteiger partial charge in [0.1, 0.15) is 0 Å². The van der Waals surface area contributed by atoms with Gasteiger partial charge in [-0.15, -0.1) is 0 Å². The number of carbonyl (C=O) groups is 3. The second-order valence-electron chi connectivity index (χ2n) is 5.68. The number of nitrogens with zero attached hydrogens (tertiary/aromatic N) is 2. The highest BCUT2D eigenvalue weighted by molar-refractivity contribution is 6.27. The Morgan fingerprint density at radius 2 is 1.38 bits per heavy atom. The second-order valence-corrected chi connectivity index (χ2v) is 5.68. The van der Waals surface area contributed by atoms with Gasteiger partial charge in [0.2, 0.25) is 5.91 Å². The van der Waals surface area contributed by atoms with Crippen LogP contribution in [-0.4, -0.2) is 88.8 Å². The van der Waals surface area contributed by atoms with Crippen molar-refractivity contribution in [1.82, 2.24) is 9.80 Å². The zero-order valence-electron chi connectivity index (χ0n) is 14.5. The average Bonchev–Trinajstić information content (AvgIpc) is 2.63. The van der Waals surface area contributed by atoms with Crippen molar-refractivity contribution in [1.29, 1.82) is 0 Å². The number of para-hydroxylation sites is 1. The number of aliphatic hydroxyl groups is 1. The highest BCUT2D eigenvalue weighted by atomic mass is 16.4. The van der Waals surface area contributed by atoms with E-state index in [1.165, 1.54) is 0 Å². The molecule has 0 saturated carbocycles. The number of aliphatic hydroxyl groups excluding tert-OH is 1. The number of anilines is 1. The largest absolute Gasteiger partial charge is 0.473 e. The Kier molecular flexibility index (Phi) is 9.91. The lowest BCUT2D eigenvalue weighted by molar-refractivity contribution is -0.159. The number of amides is 1. The summed E-state index contributed by atoms with van der Waals surface area (Å²) in [5.41, 5.74) is 0.852. The van der Waals surface area contributed by atoms with E-state index in [2.05, 4.69) is 15.1 Å². The molecule has 26 heavy (non-hydrogen) atoms. The third-order valence-corrected chi connectivity index (χ3v) is 3.78. The van der Waals surface area contributed by atoms with Gasteiger partial charge in [0.25, 0.3) is 0 Å². The van der Waals surface area contributed by atoms with Gasteiger partial charge in [-0.2, -0.15) is 0 Å². The van der Waals surface area contributed by atoms with Gasteiger partial charge in [0.15, 0.2) is 0 Å². The monoisotopic (exact) mass is 367 g/mol. The van der Waals surface area contributed by atoms with Crippen molar-refractivity contribution >= 4 is 23.5 Å². The first-order valence-electron chi connectivity index (χ1n) is 8.29. The molecule has 1 heterocycles. The van der Waals surface area contributed by atoms with E-state index in [0.29, 0.717) is 6.42 Å². The quantitative estimate of drug-likeness (QED) is 0.508. The van der Waals surface area contributed by atoms with Crippen molar-refractivity contribution in [2.24, 2.45) is 0 Å². The molecule has 0 aliphatic carbocycles. The number of carboxylic acids is 2. The van der Waals surface area contributed by atoms with E-state index in [4.69, 9.17) is 24.9 Å².